The molecule has 0 radical (unpaired) electrons. The van der Waals surface area contributed by atoms with Gasteiger partial charge < -0.3 is 9.64 Å². The highest BCUT2D eigenvalue weighted by atomic mass is 16.5. The maximum Gasteiger partial charge on any atom is 0.311 e. The third-order valence-corrected chi connectivity index (χ3v) is 4.65. The first kappa shape index (κ1) is 16.4. The highest BCUT2D eigenvalue weighted by Gasteiger charge is 2.48. The van der Waals surface area contributed by atoms with Gasteiger partial charge in [-0.15, -0.1) is 0 Å². The molecular formula is C19H21NO4. The predicted molar refractivity (Wildman–Crippen MR) is 88.2 cm³/mol. The summed E-state index contributed by atoms with van der Waals surface area (Å²) in [6, 6.07) is 7.20. The number of ether oxygens (including phenoxy) is 1. The Morgan fingerprint density at radius 2 is 1.96 bits per heavy atom. The third kappa shape index (κ3) is 2.98. The van der Waals surface area contributed by atoms with Crippen molar-refractivity contribution >= 4 is 17.7 Å². The van der Waals surface area contributed by atoms with Crippen LogP contribution in [0.4, 0.5) is 0 Å². The zero-order valence-electron chi connectivity index (χ0n) is 14.0. The van der Waals surface area contributed by atoms with E-state index in [9.17, 15) is 14.4 Å². The van der Waals surface area contributed by atoms with Gasteiger partial charge in [0.2, 0.25) is 0 Å². The van der Waals surface area contributed by atoms with E-state index in [1.165, 1.54) is 11.0 Å². The summed E-state index contributed by atoms with van der Waals surface area (Å²) in [5.74, 6) is -1.25. The van der Waals surface area contributed by atoms with E-state index in [-0.39, 0.29) is 24.3 Å². The van der Waals surface area contributed by atoms with Crippen molar-refractivity contribution in [3.05, 3.63) is 47.0 Å². The number of amides is 1. The van der Waals surface area contributed by atoms with Crippen molar-refractivity contribution in [1.82, 2.24) is 4.90 Å². The van der Waals surface area contributed by atoms with E-state index in [2.05, 4.69) is 0 Å². The smallest absolute Gasteiger partial charge is 0.311 e. The maximum atomic E-state index is 12.7. The molecule has 2 atom stereocenters. The van der Waals surface area contributed by atoms with E-state index in [4.69, 9.17) is 4.74 Å². The second kappa shape index (κ2) is 6.59. The van der Waals surface area contributed by atoms with E-state index in [1.54, 1.807) is 6.92 Å². The van der Waals surface area contributed by atoms with Crippen LogP contribution in [0.2, 0.25) is 0 Å². The largest absolute Gasteiger partial charge is 0.466 e. The molecule has 5 heteroatoms. The SMILES string of the molecule is CCOC(=O)C1CCN2C(=O)C(Cc3ccc(C)cc3)=CC(=O)C12. The number of hydrogen-bond acceptors (Lipinski definition) is 4. The van der Waals surface area contributed by atoms with Crippen LogP contribution in [-0.4, -0.2) is 41.8 Å². The molecule has 2 unspecified atom stereocenters. The average Bonchev–Trinajstić information content (AvgIpc) is 3.00. The summed E-state index contributed by atoms with van der Waals surface area (Å²) in [6.45, 7) is 4.43. The molecule has 24 heavy (non-hydrogen) atoms. The predicted octanol–water partition coefficient (Wildman–Crippen LogP) is 1.83. The first-order valence-electron chi connectivity index (χ1n) is 8.29. The first-order valence-corrected chi connectivity index (χ1v) is 8.29. The van der Waals surface area contributed by atoms with Crippen molar-refractivity contribution in [1.29, 1.82) is 0 Å². The number of nitrogens with zero attached hydrogens (tertiary/aromatic N) is 1. The van der Waals surface area contributed by atoms with Gasteiger partial charge in [0.1, 0.15) is 6.04 Å². The van der Waals surface area contributed by atoms with Gasteiger partial charge in [-0.1, -0.05) is 29.8 Å². The average molecular weight is 327 g/mol. The highest BCUT2D eigenvalue weighted by Crippen LogP contribution is 2.32. The molecule has 0 saturated carbocycles. The number of aryl methyl sites for hydroxylation is 1. The summed E-state index contributed by atoms with van der Waals surface area (Å²) in [7, 11) is 0. The molecule has 2 heterocycles. The summed E-state index contributed by atoms with van der Waals surface area (Å²) in [4.78, 5) is 38.8. The van der Waals surface area contributed by atoms with E-state index in [0.717, 1.165) is 11.1 Å². The Bertz CT molecular complexity index is 705. The van der Waals surface area contributed by atoms with Gasteiger partial charge in [-0.3, -0.25) is 14.4 Å². The zero-order chi connectivity index (χ0) is 17.3. The Morgan fingerprint density at radius 1 is 1.25 bits per heavy atom. The van der Waals surface area contributed by atoms with Crippen LogP contribution in [0.5, 0.6) is 0 Å². The number of rotatable bonds is 4. The van der Waals surface area contributed by atoms with E-state index < -0.39 is 12.0 Å². The summed E-state index contributed by atoms with van der Waals surface area (Å²) in [6.07, 6.45) is 2.33. The zero-order valence-corrected chi connectivity index (χ0v) is 14.0. The molecule has 3 rings (SSSR count). The molecule has 1 saturated heterocycles. The second-order valence-electron chi connectivity index (χ2n) is 6.32. The van der Waals surface area contributed by atoms with Crippen LogP contribution in [0, 0.1) is 12.8 Å². The van der Waals surface area contributed by atoms with Crippen molar-refractivity contribution in [2.75, 3.05) is 13.2 Å². The monoisotopic (exact) mass is 327 g/mol. The van der Waals surface area contributed by atoms with Gasteiger partial charge in [0.25, 0.3) is 5.91 Å². The second-order valence-corrected chi connectivity index (χ2v) is 6.32. The van der Waals surface area contributed by atoms with E-state index in [1.807, 2.05) is 31.2 Å². The van der Waals surface area contributed by atoms with Crippen LogP contribution < -0.4 is 0 Å². The van der Waals surface area contributed by atoms with Crippen LogP contribution in [0.25, 0.3) is 0 Å². The van der Waals surface area contributed by atoms with Crippen LogP contribution in [0.3, 0.4) is 0 Å². The molecule has 0 bridgehead atoms. The third-order valence-electron chi connectivity index (χ3n) is 4.65. The van der Waals surface area contributed by atoms with Gasteiger partial charge >= 0.3 is 5.97 Å². The van der Waals surface area contributed by atoms with Crippen molar-refractivity contribution < 1.29 is 19.1 Å². The molecule has 1 aromatic rings. The molecule has 0 aromatic heterocycles. The summed E-state index contributed by atoms with van der Waals surface area (Å²) < 4.78 is 5.04. The fourth-order valence-electron chi connectivity index (χ4n) is 3.42. The maximum absolute atomic E-state index is 12.7. The lowest BCUT2D eigenvalue weighted by molar-refractivity contribution is -0.151. The lowest BCUT2D eigenvalue weighted by atomic mass is 9.91. The summed E-state index contributed by atoms with van der Waals surface area (Å²) >= 11 is 0. The van der Waals surface area contributed by atoms with E-state index >= 15 is 0 Å². The number of benzene rings is 1. The fourth-order valence-corrected chi connectivity index (χ4v) is 3.42. The number of esters is 1. The van der Waals surface area contributed by atoms with Crippen molar-refractivity contribution in [3.8, 4) is 0 Å². The standard InChI is InChI=1S/C19H21NO4/c1-3-24-19(23)15-8-9-20-17(15)16(21)11-14(18(20)22)10-13-6-4-12(2)5-7-13/h4-7,11,15,17H,3,8-10H2,1-2H3. The highest BCUT2D eigenvalue weighted by molar-refractivity contribution is 6.11. The van der Waals surface area contributed by atoms with Crippen molar-refractivity contribution in [2.24, 2.45) is 5.92 Å². The van der Waals surface area contributed by atoms with Crippen LogP contribution in [0.15, 0.2) is 35.9 Å². The van der Waals surface area contributed by atoms with Gasteiger partial charge in [-0.25, -0.2) is 0 Å². The molecule has 126 valence electrons. The van der Waals surface area contributed by atoms with Gasteiger partial charge in [0.05, 0.1) is 12.5 Å². The fraction of sp³-hybridized carbons (Fsp3) is 0.421. The number of hydrogen-bond donors (Lipinski definition) is 0. The molecule has 1 fully saturated rings. The number of carbonyl (C=O) groups is 3. The topological polar surface area (TPSA) is 63.7 Å². The Morgan fingerprint density at radius 3 is 2.62 bits per heavy atom. The summed E-state index contributed by atoms with van der Waals surface area (Å²) in [5.41, 5.74) is 2.63. The Balaban J connectivity index is 1.81. The van der Waals surface area contributed by atoms with Crippen molar-refractivity contribution in [2.45, 2.75) is 32.7 Å². The molecular weight excluding hydrogens is 306 g/mol. The minimum atomic E-state index is -0.696. The molecule has 1 aromatic carbocycles. The first-order chi connectivity index (χ1) is 11.5. The molecule has 2 aliphatic heterocycles. The van der Waals surface area contributed by atoms with Gasteiger partial charge in [0.15, 0.2) is 5.78 Å². The van der Waals surface area contributed by atoms with Crippen molar-refractivity contribution in [3.63, 3.8) is 0 Å². The van der Waals surface area contributed by atoms with Crippen LogP contribution in [0.1, 0.15) is 24.5 Å². The Hall–Kier alpha value is -2.43. The molecule has 0 spiro atoms. The van der Waals surface area contributed by atoms with Gasteiger partial charge in [-0.05, 0) is 31.9 Å². The Kier molecular flexibility index (Phi) is 4.51. The molecule has 2 aliphatic rings. The lowest BCUT2D eigenvalue weighted by Gasteiger charge is -2.30. The number of fused-ring (bicyclic) bond motifs is 1. The summed E-state index contributed by atoms with van der Waals surface area (Å²) in [5, 5.41) is 0. The number of carbonyl (C=O) groups excluding carboxylic acids is 3. The van der Waals surface area contributed by atoms with Crippen LogP contribution in [-0.2, 0) is 25.5 Å². The normalized spacial score (nSPS) is 23.1. The molecule has 5 nitrogen and oxygen atoms in total. The lowest BCUT2D eigenvalue weighted by Crippen LogP contribution is -2.48. The quantitative estimate of drug-likeness (QED) is 0.792. The molecule has 1 amide bonds. The van der Waals surface area contributed by atoms with Crippen LogP contribution >= 0.6 is 0 Å². The minimum absolute atomic E-state index is 0.146. The molecule has 0 N–H and O–H groups in total. The molecule has 0 aliphatic carbocycles. The minimum Gasteiger partial charge on any atom is -0.466 e. The Labute approximate surface area is 141 Å². The van der Waals surface area contributed by atoms with E-state index in [0.29, 0.717) is 25.0 Å². The van der Waals surface area contributed by atoms with Gasteiger partial charge in [-0.2, -0.15) is 0 Å². The van der Waals surface area contributed by atoms with Gasteiger partial charge in [0, 0.05) is 18.5 Å². The number of ketones is 1.